The van der Waals surface area contributed by atoms with Gasteiger partial charge in [0, 0.05) is 18.7 Å². The van der Waals surface area contributed by atoms with Crippen molar-refractivity contribution < 1.29 is 14.3 Å². The lowest BCUT2D eigenvalue weighted by molar-refractivity contribution is 0.0602. The predicted octanol–water partition coefficient (Wildman–Crippen LogP) is 2.28. The van der Waals surface area contributed by atoms with Crippen LogP contribution >= 0.6 is 11.6 Å². The number of ether oxygens (including phenoxy) is 2. The zero-order valence-electron chi connectivity index (χ0n) is 10.4. The fourth-order valence-corrected chi connectivity index (χ4v) is 2.70. The van der Waals surface area contributed by atoms with E-state index in [0.29, 0.717) is 22.8 Å². The Hall–Kier alpha value is -1.59. The number of halogens is 1. The summed E-state index contributed by atoms with van der Waals surface area (Å²) in [4.78, 5) is 16.2. The largest absolute Gasteiger partial charge is 0.465 e. The first-order chi connectivity index (χ1) is 9.22. The van der Waals surface area contributed by atoms with Crippen LogP contribution in [-0.2, 0) is 9.47 Å². The van der Waals surface area contributed by atoms with Gasteiger partial charge in [0.15, 0.2) is 5.15 Å². The summed E-state index contributed by atoms with van der Waals surface area (Å²) in [7, 11) is 1.35. The Morgan fingerprint density at radius 1 is 1.63 bits per heavy atom. The quantitative estimate of drug-likeness (QED) is 0.792. The highest BCUT2D eigenvalue weighted by Crippen LogP contribution is 2.30. The third-order valence-corrected chi connectivity index (χ3v) is 3.61. The van der Waals surface area contributed by atoms with Gasteiger partial charge < -0.3 is 13.9 Å². The van der Waals surface area contributed by atoms with E-state index in [1.807, 2.05) is 10.6 Å². The minimum Gasteiger partial charge on any atom is -0.465 e. The molecule has 0 bridgehead atoms. The fraction of sp³-hybridized carbons (Fsp3) is 0.385. The van der Waals surface area contributed by atoms with Crippen LogP contribution in [0.3, 0.4) is 0 Å². The average Bonchev–Trinajstić information content (AvgIpc) is 3.06. The summed E-state index contributed by atoms with van der Waals surface area (Å²) < 4.78 is 12.0. The van der Waals surface area contributed by atoms with Crippen molar-refractivity contribution >= 4 is 23.1 Å². The Kier molecular flexibility index (Phi) is 3.16. The van der Waals surface area contributed by atoms with Gasteiger partial charge in [0.25, 0.3) is 0 Å². The number of hydrogen-bond acceptors (Lipinski definition) is 4. The molecule has 2 aromatic heterocycles. The molecule has 1 fully saturated rings. The highest BCUT2D eigenvalue weighted by molar-refractivity contribution is 6.33. The molecule has 1 aliphatic heterocycles. The third kappa shape index (κ3) is 1.99. The molecule has 0 saturated carbocycles. The van der Waals surface area contributed by atoms with E-state index in [0.717, 1.165) is 18.9 Å². The molecule has 0 amide bonds. The van der Waals surface area contributed by atoms with Crippen LogP contribution in [0.1, 0.15) is 28.5 Å². The van der Waals surface area contributed by atoms with Crippen molar-refractivity contribution in [2.45, 2.75) is 12.3 Å². The number of esters is 1. The van der Waals surface area contributed by atoms with E-state index >= 15 is 0 Å². The zero-order chi connectivity index (χ0) is 13.4. The van der Waals surface area contributed by atoms with E-state index in [4.69, 9.17) is 21.1 Å². The molecule has 5 nitrogen and oxygen atoms in total. The van der Waals surface area contributed by atoms with Crippen molar-refractivity contribution in [2.24, 2.45) is 0 Å². The number of carbonyl (C=O) groups is 1. The Morgan fingerprint density at radius 3 is 3.16 bits per heavy atom. The number of imidazole rings is 1. The number of nitrogens with zero attached hydrogens (tertiary/aromatic N) is 2. The molecule has 100 valence electrons. The van der Waals surface area contributed by atoms with Crippen molar-refractivity contribution in [1.29, 1.82) is 0 Å². The molecule has 1 saturated heterocycles. The van der Waals surface area contributed by atoms with E-state index < -0.39 is 5.97 Å². The first kappa shape index (κ1) is 12.4. The minimum absolute atomic E-state index is 0.216. The van der Waals surface area contributed by atoms with E-state index in [2.05, 4.69) is 4.98 Å². The maximum absolute atomic E-state index is 11.8. The van der Waals surface area contributed by atoms with Crippen LogP contribution in [0.25, 0.3) is 5.52 Å². The summed E-state index contributed by atoms with van der Waals surface area (Å²) in [5.74, 6) is 0.637. The van der Waals surface area contributed by atoms with Crippen LogP contribution < -0.4 is 0 Å². The van der Waals surface area contributed by atoms with Crippen LogP contribution in [0.4, 0.5) is 0 Å². The lowest BCUT2D eigenvalue weighted by Crippen LogP contribution is -2.07. The SMILES string of the molecule is COC(=O)c1cccn2c(C3CCOC3)nc(Cl)c12. The maximum Gasteiger partial charge on any atom is 0.340 e. The number of pyridine rings is 1. The Labute approximate surface area is 115 Å². The number of rotatable bonds is 2. The Bertz CT molecular complexity index is 632. The molecule has 1 atom stereocenters. The van der Waals surface area contributed by atoms with Gasteiger partial charge in [0.05, 0.1) is 24.8 Å². The van der Waals surface area contributed by atoms with Gasteiger partial charge >= 0.3 is 5.97 Å². The van der Waals surface area contributed by atoms with Crippen molar-refractivity contribution in [3.05, 3.63) is 34.9 Å². The van der Waals surface area contributed by atoms with Gasteiger partial charge in [0.2, 0.25) is 0 Å². The smallest absolute Gasteiger partial charge is 0.340 e. The van der Waals surface area contributed by atoms with E-state index in [1.54, 1.807) is 12.1 Å². The molecule has 3 heterocycles. The van der Waals surface area contributed by atoms with Gasteiger partial charge in [-0.2, -0.15) is 0 Å². The summed E-state index contributed by atoms with van der Waals surface area (Å²) in [6.45, 7) is 1.37. The van der Waals surface area contributed by atoms with Crippen molar-refractivity contribution in [1.82, 2.24) is 9.38 Å². The Morgan fingerprint density at radius 2 is 2.47 bits per heavy atom. The predicted molar refractivity (Wildman–Crippen MR) is 69.7 cm³/mol. The first-order valence-corrected chi connectivity index (χ1v) is 6.42. The number of carbonyl (C=O) groups excluding carboxylic acids is 1. The fourth-order valence-electron chi connectivity index (χ4n) is 2.42. The Balaban J connectivity index is 2.19. The molecule has 0 aliphatic carbocycles. The van der Waals surface area contributed by atoms with E-state index in [9.17, 15) is 4.79 Å². The molecule has 0 spiro atoms. The van der Waals surface area contributed by atoms with Crippen molar-refractivity contribution in [3.8, 4) is 0 Å². The normalized spacial score (nSPS) is 18.9. The zero-order valence-corrected chi connectivity index (χ0v) is 11.2. The summed E-state index contributed by atoms with van der Waals surface area (Å²) >= 11 is 6.18. The lowest BCUT2D eigenvalue weighted by atomic mass is 10.1. The van der Waals surface area contributed by atoms with Crippen LogP contribution in [0.2, 0.25) is 5.15 Å². The molecule has 0 radical (unpaired) electrons. The molecular formula is C13H13ClN2O3. The van der Waals surface area contributed by atoms with Gasteiger partial charge in [0.1, 0.15) is 5.82 Å². The average molecular weight is 281 g/mol. The van der Waals surface area contributed by atoms with Crippen LogP contribution in [0, 0.1) is 0 Å². The highest BCUT2D eigenvalue weighted by Gasteiger charge is 2.25. The number of aromatic nitrogens is 2. The molecule has 2 aromatic rings. The second-order valence-corrected chi connectivity index (χ2v) is 4.81. The second-order valence-electron chi connectivity index (χ2n) is 4.45. The molecule has 19 heavy (non-hydrogen) atoms. The second kappa shape index (κ2) is 4.83. The van der Waals surface area contributed by atoms with E-state index in [-0.39, 0.29) is 5.92 Å². The summed E-state index contributed by atoms with van der Waals surface area (Å²) in [5, 5.41) is 0.322. The van der Waals surface area contributed by atoms with Crippen LogP contribution in [0.5, 0.6) is 0 Å². The summed E-state index contributed by atoms with van der Waals surface area (Å²) in [5.41, 5.74) is 1.02. The van der Waals surface area contributed by atoms with Crippen LogP contribution in [0.15, 0.2) is 18.3 Å². The topological polar surface area (TPSA) is 52.8 Å². The monoisotopic (exact) mass is 280 g/mol. The first-order valence-electron chi connectivity index (χ1n) is 6.05. The number of hydrogen-bond donors (Lipinski definition) is 0. The van der Waals surface area contributed by atoms with E-state index in [1.165, 1.54) is 7.11 Å². The molecule has 6 heteroatoms. The van der Waals surface area contributed by atoms with Crippen molar-refractivity contribution in [2.75, 3.05) is 20.3 Å². The minimum atomic E-state index is -0.415. The number of fused-ring (bicyclic) bond motifs is 1. The summed E-state index contributed by atoms with van der Waals surface area (Å²) in [6.07, 6.45) is 2.77. The lowest BCUT2D eigenvalue weighted by Gasteiger charge is -2.07. The standard InChI is InChI=1S/C13H13ClN2O3/c1-18-13(17)9-3-2-5-16-10(9)11(14)15-12(16)8-4-6-19-7-8/h2-3,5,8H,4,6-7H2,1H3. The third-order valence-electron chi connectivity index (χ3n) is 3.35. The molecule has 1 unspecified atom stereocenters. The van der Waals surface area contributed by atoms with Gasteiger partial charge in [-0.05, 0) is 18.6 Å². The van der Waals surface area contributed by atoms with Gasteiger partial charge in [-0.15, -0.1) is 0 Å². The molecule has 1 aliphatic rings. The molecule has 0 aromatic carbocycles. The van der Waals surface area contributed by atoms with Gasteiger partial charge in [-0.1, -0.05) is 11.6 Å². The van der Waals surface area contributed by atoms with Gasteiger partial charge in [-0.25, -0.2) is 9.78 Å². The molecule has 3 rings (SSSR count). The molecular weight excluding hydrogens is 268 g/mol. The van der Waals surface area contributed by atoms with Crippen LogP contribution in [-0.4, -0.2) is 35.7 Å². The molecule has 0 N–H and O–H groups in total. The highest BCUT2D eigenvalue weighted by atomic mass is 35.5. The maximum atomic E-state index is 11.8. The van der Waals surface area contributed by atoms with Gasteiger partial charge in [-0.3, -0.25) is 0 Å². The summed E-state index contributed by atoms with van der Waals surface area (Å²) in [6, 6.07) is 3.47. The van der Waals surface area contributed by atoms with Crippen molar-refractivity contribution in [3.63, 3.8) is 0 Å². The number of methoxy groups -OCH3 is 1.